The van der Waals surface area contributed by atoms with Crippen molar-refractivity contribution in [2.24, 2.45) is 0 Å². The fraction of sp³-hybridized carbons (Fsp3) is 0.0667. The molecule has 6 heteroatoms. The van der Waals surface area contributed by atoms with Gasteiger partial charge in [-0.2, -0.15) is 0 Å². The highest BCUT2D eigenvalue weighted by molar-refractivity contribution is 8.00. The minimum Gasteiger partial charge on any atom is -0.307 e. The molecule has 2 heterocycles. The Hall–Kier alpha value is -5.30. The van der Waals surface area contributed by atoms with Gasteiger partial charge in [-0.1, -0.05) is 122 Å². The molecule has 0 bridgehead atoms. The van der Waals surface area contributed by atoms with E-state index in [-0.39, 0.29) is 17.6 Å². The number of benzene rings is 7. The van der Waals surface area contributed by atoms with Gasteiger partial charge in [-0.3, -0.25) is 0 Å². The molecule has 2 nitrogen and oxygen atoms in total. The summed E-state index contributed by atoms with van der Waals surface area (Å²) in [6, 6.07) is 49.6. The number of halogens is 2. The lowest BCUT2D eigenvalue weighted by Gasteiger charge is -2.39. The third-order valence-corrected chi connectivity index (χ3v) is 11.8. The van der Waals surface area contributed by atoms with Crippen LogP contribution in [0.15, 0.2) is 171 Å². The summed E-state index contributed by atoms with van der Waals surface area (Å²) < 4.78 is 32.8. The Morgan fingerprint density at radius 3 is 1.06 bits per heavy atom. The second kappa shape index (κ2) is 12.8. The fourth-order valence-corrected chi connectivity index (χ4v) is 9.54. The maximum absolute atomic E-state index is 16.4. The van der Waals surface area contributed by atoms with E-state index in [1.807, 2.05) is 24.3 Å². The molecule has 51 heavy (non-hydrogen) atoms. The number of anilines is 6. The average Bonchev–Trinajstić information content (AvgIpc) is 3.16. The van der Waals surface area contributed by atoms with Crippen LogP contribution in [0.2, 0.25) is 0 Å². The van der Waals surface area contributed by atoms with Gasteiger partial charge in [0.15, 0.2) is 0 Å². The number of hydrogen-bond donors (Lipinski definition) is 0. The van der Waals surface area contributed by atoms with Crippen molar-refractivity contribution in [1.82, 2.24) is 0 Å². The standard InChI is InChI=1S/C45H32F2N2S2/c1-28(2)43-44(29-15-3-5-17-31(29)46)37(48-33-19-7-11-23-39(33)50-40-24-12-8-20-34(40)48)27-38(45(43)30-16-4-6-18-32(30)47)49-35-21-9-13-25-41(35)51-42-26-14-10-22-36(42)49/h3-28H,1-2H3. The van der Waals surface area contributed by atoms with Gasteiger partial charge in [0.05, 0.1) is 34.1 Å². The number of hydrogen-bond acceptors (Lipinski definition) is 4. The van der Waals surface area contributed by atoms with Crippen LogP contribution >= 0.6 is 23.5 Å². The summed E-state index contributed by atoms with van der Waals surface area (Å²) in [5.74, 6) is -0.779. The van der Waals surface area contributed by atoms with Gasteiger partial charge in [0.2, 0.25) is 0 Å². The topological polar surface area (TPSA) is 6.48 Å². The SMILES string of the molecule is CC(C)c1c(-c2ccccc2F)c(N2c3ccccc3Sc3ccccc32)cc(N2c3ccccc3Sc3ccccc32)c1-c1ccccc1F. The zero-order valence-corrected chi connectivity index (χ0v) is 29.6. The molecule has 0 N–H and O–H groups in total. The van der Waals surface area contributed by atoms with E-state index in [1.165, 1.54) is 12.1 Å². The Kier molecular flexibility index (Phi) is 7.94. The van der Waals surface area contributed by atoms with Crippen molar-refractivity contribution in [3.63, 3.8) is 0 Å². The lowest BCUT2D eigenvalue weighted by Crippen LogP contribution is -2.21. The first-order valence-corrected chi connectivity index (χ1v) is 18.7. The van der Waals surface area contributed by atoms with Crippen molar-refractivity contribution in [3.8, 4) is 22.3 Å². The van der Waals surface area contributed by atoms with Crippen molar-refractivity contribution in [3.05, 3.63) is 169 Å². The Morgan fingerprint density at radius 1 is 0.412 bits per heavy atom. The molecule has 0 aromatic heterocycles. The maximum Gasteiger partial charge on any atom is 0.131 e. The van der Waals surface area contributed by atoms with Crippen molar-refractivity contribution in [1.29, 1.82) is 0 Å². The second-order valence-corrected chi connectivity index (χ2v) is 15.1. The summed E-state index contributed by atoms with van der Waals surface area (Å²) in [7, 11) is 0. The first kappa shape index (κ1) is 31.7. The average molecular weight is 703 g/mol. The third kappa shape index (κ3) is 5.24. The van der Waals surface area contributed by atoms with Crippen molar-refractivity contribution in [2.45, 2.75) is 39.3 Å². The number of para-hydroxylation sites is 4. The summed E-state index contributed by atoms with van der Waals surface area (Å²) in [4.78, 5) is 8.97. The zero-order valence-electron chi connectivity index (χ0n) is 28.0. The molecule has 0 saturated heterocycles. The van der Waals surface area contributed by atoms with Gasteiger partial charge in [0, 0.05) is 41.8 Å². The molecular formula is C45H32F2N2S2. The number of rotatable bonds is 5. The van der Waals surface area contributed by atoms with Gasteiger partial charge in [0.1, 0.15) is 11.6 Å². The van der Waals surface area contributed by atoms with Crippen LogP contribution < -0.4 is 9.80 Å². The van der Waals surface area contributed by atoms with Crippen LogP contribution in [0, 0.1) is 11.6 Å². The highest BCUT2D eigenvalue weighted by Crippen LogP contribution is 2.60. The number of nitrogens with zero attached hydrogens (tertiary/aromatic N) is 2. The first-order valence-electron chi connectivity index (χ1n) is 17.0. The molecule has 0 fully saturated rings. The monoisotopic (exact) mass is 702 g/mol. The van der Waals surface area contributed by atoms with Gasteiger partial charge in [0.25, 0.3) is 0 Å². The second-order valence-electron chi connectivity index (χ2n) is 12.9. The van der Waals surface area contributed by atoms with E-state index < -0.39 is 0 Å². The molecule has 0 radical (unpaired) electrons. The normalized spacial score (nSPS) is 13.0. The predicted molar refractivity (Wildman–Crippen MR) is 209 cm³/mol. The van der Waals surface area contributed by atoms with Gasteiger partial charge in [-0.15, -0.1) is 0 Å². The van der Waals surface area contributed by atoms with E-state index >= 15 is 8.78 Å². The van der Waals surface area contributed by atoms with Crippen LogP contribution in [-0.4, -0.2) is 0 Å². The Labute approximate surface area is 305 Å². The molecule has 9 rings (SSSR count). The molecule has 0 spiro atoms. The summed E-state index contributed by atoms with van der Waals surface area (Å²) in [6.07, 6.45) is 0. The van der Waals surface area contributed by atoms with Crippen LogP contribution in [0.4, 0.5) is 42.9 Å². The largest absolute Gasteiger partial charge is 0.307 e. The Morgan fingerprint density at radius 2 is 0.725 bits per heavy atom. The van der Waals surface area contributed by atoms with Gasteiger partial charge in [-0.25, -0.2) is 8.78 Å². The lowest BCUT2D eigenvalue weighted by molar-refractivity contribution is 0.630. The van der Waals surface area contributed by atoms with E-state index in [0.717, 1.165) is 70.4 Å². The van der Waals surface area contributed by atoms with E-state index in [1.54, 1.807) is 35.7 Å². The quantitative estimate of drug-likeness (QED) is 0.176. The molecule has 2 aliphatic heterocycles. The Bertz CT molecular complexity index is 2220. The van der Waals surface area contributed by atoms with Crippen LogP contribution in [0.1, 0.15) is 25.3 Å². The maximum atomic E-state index is 16.4. The Balaban J connectivity index is 1.50. The molecule has 2 aliphatic rings. The molecule has 0 aliphatic carbocycles. The van der Waals surface area contributed by atoms with Crippen molar-refractivity contribution in [2.75, 3.05) is 9.80 Å². The molecule has 7 aromatic carbocycles. The van der Waals surface area contributed by atoms with E-state index in [0.29, 0.717) is 11.1 Å². The highest BCUT2D eigenvalue weighted by atomic mass is 32.2. The smallest absolute Gasteiger partial charge is 0.131 e. The van der Waals surface area contributed by atoms with Crippen LogP contribution in [-0.2, 0) is 0 Å². The minimum atomic E-state index is -0.328. The summed E-state index contributed by atoms with van der Waals surface area (Å²) in [5.41, 5.74) is 9.00. The van der Waals surface area contributed by atoms with Crippen LogP contribution in [0.5, 0.6) is 0 Å². The fourth-order valence-electron chi connectivity index (χ4n) is 7.43. The molecule has 0 unspecified atom stereocenters. The summed E-state index contributed by atoms with van der Waals surface area (Å²) in [5, 5.41) is 0. The lowest BCUT2D eigenvalue weighted by atomic mass is 9.82. The van der Waals surface area contributed by atoms with Gasteiger partial charge < -0.3 is 9.80 Å². The van der Waals surface area contributed by atoms with Crippen LogP contribution in [0.3, 0.4) is 0 Å². The molecule has 0 amide bonds. The first-order chi connectivity index (χ1) is 25.0. The minimum absolute atomic E-state index is 0.123. The van der Waals surface area contributed by atoms with Crippen molar-refractivity contribution < 1.29 is 8.78 Å². The summed E-state index contributed by atoms with van der Waals surface area (Å²) >= 11 is 3.47. The van der Waals surface area contributed by atoms with Gasteiger partial charge >= 0.3 is 0 Å². The third-order valence-electron chi connectivity index (χ3n) is 9.53. The predicted octanol–water partition coefficient (Wildman–Crippen LogP) is 14.3. The van der Waals surface area contributed by atoms with E-state index in [2.05, 4.69) is 127 Å². The number of fused-ring (bicyclic) bond motifs is 4. The zero-order chi connectivity index (χ0) is 34.6. The molecular weight excluding hydrogens is 671 g/mol. The van der Waals surface area contributed by atoms with E-state index in [9.17, 15) is 0 Å². The van der Waals surface area contributed by atoms with Crippen molar-refractivity contribution >= 4 is 57.6 Å². The molecule has 0 atom stereocenters. The van der Waals surface area contributed by atoms with E-state index in [4.69, 9.17) is 0 Å². The molecule has 0 saturated carbocycles. The van der Waals surface area contributed by atoms with Crippen LogP contribution in [0.25, 0.3) is 22.3 Å². The van der Waals surface area contributed by atoms with Gasteiger partial charge in [-0.05, 0) is 78.2 Å². The highest BCUT2D eigenvalue weighted by Gasteiger charge is 2.35. The molecule has 248 valence electrons. The summed E-state index contributed by atoms with van der Waals surface area (Å²) in [6.45, 7) is 4.25. The molecule has 7 aromatic rings.